The molecule has 1 nitrogen and oxygen atoms in total. The van der Waals surface area contributed by atoms with Crippen molar-refractivity contribution < 1.29 is 49.5 Å². The van der Waals surface area contributed by atoms with Crippen LogP contribution in [-0.2, 0) is 49.5 Å². The maximum Gasteiger partial charge on any atom is 0 e. The molecule has 0 saturated heterocycles. The van der Waals surface area contributed by atoms with Gasteiger partial charge in [-0.1, -0.05) is 0 Å². The van der Waals surface area contributed by atoms with Crippen molar-refractivity contribution in [2.75, 3.05) is 0 Å². The molecule has 7 heteroatoms. The fourth-order valence-corrected chi connectivity index (χ4v) is 0. The van der Waals surface area contributed by atoms with Gasteiger partial charge in [0.05, 0.1) is 0 Å². The van der Waals surface area contributed by atoms with Gasteiger partial charge in [0.1, 0.15) is 0 Å². The van der Waals surface area contributed by atoms with Crippen molar-refractivity contribution >= 4 is 87.1 Å². The van der Waals surface area contributed by atoms with Crippen LogP contribution in [0.25, 0.3) is 0 Å². The van der Waals surface area contributed by atoms with E-state index in [1.807, 2.05) is 0 Å². The second-order valence-electron chi connectivity index (χ2n) is 0. The molecule has 0 aromatic rings. The van der Waals surface area contributed by atoms with Crippen molar-refractivity contribution in [2.45, 2.75) is 0 Å². The summed E-state index contributed by atoms with van der Waals surface area (Å²) in [5.74, 6) is 0. The van der Waals surface area contributed by atoms with Crippen LogP contribution >= 0.6 is 0 Å². The van der Waals surface area contributed by atoms with E-state index < -0.39 is 0 Å². The van der Waals surface area contributed by atoms with Gasteiger partial charge in [-0.05, 0) is 0 Å². The van der Waals surface area contributed by atoms with Gasteiger partial charge in [0.25, 0.3) is 0 Å². The van der Waals surface area contributed by atoms with Crippen LogP contribution in [-0.4, -0.2) is 87.1 Å². The summed E-state index contributed by atoms with van der Waals surface area (Å²) in [4.78, 5) is 0. The minimum absolute atomic E-state index is 0. The third-order valence-corrected chi connectivity index (χ3v) is 0. The third-order valence-electron chi connectivity index (χ3n) is 0. The second-order valence-corrected chi connectivity index (χ2v) is 0. The number of rotatable bonds is 0. The van der Waals surface area contributed by atoms with Gasteiger partial charge < -0.3 is 0 Å². The van der Waals surface area contributed by atoms with Crippen LogP contribution in [0.2, 0.25) is 0 Å². The van der Waals surface area contributed by atoms with E-state index in [9.17, 15) is 0 Å². The molecule has 0 amide bonds. The van der Waals surface area contributed by atoms with E-state index >= 15 is 0 Å². The quantitative estimate of drug-likeness (QED) is 0.285. The molecule has 0 aromatic heterocycles. The summed E-state index contributed by atoms with van der Waals surface area (Å²) in [7, 11) is 0. The van der Waals surface area contributed by atoms with E-state index in [0.29, 0.717) is 0 Å². The van der Waals surface area contributed by atoms with E-state index in [2.05, 4.69) is 0 Å². The summed E-state index contributed by atoms with van der Waals surface area (Å²) in [6.07, 6.45) is 0. The Hall–Kier alpha value is 4.25. The Balaban J connectivity index is -0.000000000500. The van der Waals surface area contributed by atoms with Crippen molar-refractivity contribution in [3.8, 4) is 0 Å². The molecule has 0 saturated carbocycles. The van der Waals surface area contributed by atoms with Crippen molar-refractivity contribution in [3.63, 3.8) is 0 Å². The molecular weight excluding hydrogens is 662 g/mol. The molecule has 13 radical (unpaired) electrons. The molecule has 0 N–H and O–H groups in total. The Bertz CT molecular complexity index is 19.7. The van der Waals surface area contributed by atoms with Gasteiger partial charge in [-0.15, -0.1) is 0 Å². The molecule has 0 aromatic carbocycles. The third kappa shape index (κ3) is 38.6. The second kappa shape index (κ2) is 48.6. The Labute approximate surface area is 133 Å². The van der Waals surface area contributed by atoms with Crippen LogP contribution < -0.4 is 0 Å². The largest absolute Gasteiger partial charge is 0 e. The molecule has 0 rings (SSSR count). The maximum atomic E-state index is 8.39. The molecular formula is CdGaGeOPbSnZn. The number of hydrogen-bond donors (Lipinski definition) is 0. The Morgan fingerprint density at radius 2 is 1.14 bits per heavy atom. The summed E-state index contributed by atoms with van der Waals surface area (Å²) < 4.78 is 8.39. The molecule has 0 fully saturated rings. The first-order valence-corrected chi connectivity index (χ1v) is 1.79. The first kappa shape index (κ1) is 42.9. The summed E-state index contributed by atoms with van der Waals surface area (Å²) >= 11 is 0.0556. The van der Waals surface area contributed by atoms with Gasteiger partial charge in [-0.25, -0.2) is 0 Å². The van der Waals surface area contributed by atoms with Gasteiger partial charge in [0, 0.05) is 108 Å². The van der Waals surface area contributed by atoms with E-state index in [1.165, 1.54) is 0 Å². The smallest absolute Gasteiger partial charge is 0 e. The molecule has 0 aliphatic heterocycles. The first-order valence-electron chi connectivity index (χ1n) is 0.204. The van der Waals surface area contributed by atoms with Crippen LogP contribution in [0.15, 0.2) is 0 Å². The molecule has 0 heterocycles. The summed E-state index contributed by atoms with van der Waals surface area (Å²) in [6, 6.07) is 0. The predicted octanol–water partition coefficient (Wildman–Crippen LogP) is -1.65. The first-order chi connectivity index (χ1) is 1.00. The summed E-state index contributed by atoms with van der Waals surface area (Å²) in [6.45, 7) is 0. The Morgan fingerprint density at radius 1 is 1.14 bits per heavy atom. The van der Waals surface area contributed by atoms with Crippen LogP contribution in [0.3, 0.4) is 0 Å². The molecule has 0 aliphatic carbocycles. The van der Waals surface area contributed by atoms with Gasteiger partial charge in [0.15, 0.2) is 0 Å². The Morgan fingerprint density at radius 3 is 1.14 bits per heavy atom. The van der Waals surface area contributed by atoms with Crippen LogP contribution in [0.1, 0.15) is 0 Å². The molecule has 7 heavy (non-hydrogen) atoms. The van der Waals surface area contributed by atoms with Gasteiger partial charge in [-0.3, -0.25) is 0 Å². The fraction of sp³-hybridized carbons (Fsp3) is 0. The van der Waals surface area contributed by atoms with Crippen molar-refractivity contribution in [3.05, 3.63) is 0 Å². The molecule has 0 bridgehead atoms. The minimum Gasteiger partial charge on any atom is 0 e. The standard InChI is InChI=1S/Cd.Ga.Ge.O.Pb.Sn.Zn. The van der Waals surface area contributed by atoms with E-state index in [-0.39, 0.29) is 134 Å². The predicted molar refractivity (Wildman–Crippen MR) is 23.7 cm³/mol. The fourth-order valence-electron chi connectivity index (χ4n) is 0. The average molecular weight is 662 g/mol. The molecule has 25 valence electrons. The number of hydrogen-bond acceptors (Lipinski definition) is 1. The van der Waals surface area contributed by atoms with Crippen LogP contribution in [0.4, 0.5) is 0 Å². The topological polar surface area (TPSA) is 17.1 Å². The van der Waals surface area contributed by atoms with Gasteiger partial charge in [0.2, 0.25) is 0 Å². The molecule has 0 unspecified atom stereocenters. The summed E-state index contributed by atoms with van der Waals surface area (Å²) in [5, 5.41) is 0. The monoisotopic (exact) mass is 665 g/mol. The minimum atomic E-state index is 0. The van der Waals surface area contributed by atoms with Gasteiger partial charge in [-0.2, -0.15) is 0 Å². The van der Waals surface area contributed by atoms with E-state index in [4.69, 9.17) is 2.69 Å². The molecule has 0 spiro atoms. The van der Waals surface area contributed by atoms with Crippen molar-refractivity contribution in [1.29, 1.82) is 0 Å². The SMILES string of the molecule is [Cd].[Ga].[Ge].[O]=[Pb].[Sn].[Zn]. The van der Waals surface area contributed by atoms with Gasteiger partial charge >= 0.3 is 28.5 Å². The zero-order chi connectivity index (χ0) is 2.00. The van der Waals surface area contributed by atoms with E-state index in [0.717, 1.165) is 0 Å². The Kier molecular flexibility index (Phi) is 298. The molecule has 0 atom stereocenters. The van der Waals surface area contributed by atoms with Crippen molar-refractivity contribution in [2.24, 2.45) is 0 Å². The van der Waals surface area contributed by atoms with Crippen LogP contribution in [0.5, 0.6) is 0 Å². The zero-order valence-corrected chi connectivity index (χ0v) is 22.2. The maximum absolute atomic E-state index is 8.39. The normalized spacial score (nSPS) is 0.571. The van der Waals surface area contributed by atoms with Crippen LogP contribution in [0, 0.1) is 0 Å². The van der Waals surface area contributed by atoms with E-state index in [1.54, 1.807) is 0 Å². The molecule has 0 aliphatic rings. The average Bonchev–Trinajstić information content (AvgIpc) is 1.00. The zero-order valence-electron chi connectivity index (χ0n) is 3.90. The summed E-state index contributed by atoms with van der Waals surface area (Å²) in [5.41, 5.74) is 0. The van der Waals surface area contributed by atoms with Crippen molar-refractivity contribution in [1.82, 2.24) is 0 Å².